The zero-order chi connectivity index (χ0) is 17.1. The number of ether oxygens (including phenoxy) is 1. The normalized spacial score (nSPS) is 14.5. The van der Waals surface area contributed by atoms with Gasteiger partial charge in [0.15, 0.2) is 0 Å². The van der Waals surface area contributed by atoms with Gasteiger partial charge in [-0.25, -0.2) is 9.97 Å². The second-order valence-electron chi connectivity index (χ2n) is 6.09. The number of aromatic nitrogens is 2. The first kappa shape index (κ1) is 16.4. The number of nitrogens with zero attached hydrogens (tertiary/aromatic N) is 3. The van der Waals surface area contributed by atoms with Gasteiger partial charge in [-0.3, -0.25) is 4.79 Å². The Labute approximate surface area is 141 Å². The predicted octanol–water partition coefficient (Wildman–Crippen LogP) is 2.49. The number of hydrogen-bond donors (Lipinski definition) is 1. The SMILES string of the molecule is Cc1cc(C)c(NC(=O)c2cc(N3CCOCC3)ncn2)c(C)c1. The molecule has 6 nitrogen and oxygen atoms in total. The first-order chi connectivity index (χ1) is 11.5. The molecule has 24 heavy (non-hydrogen) atoms. The monoisotopic (exact) mass is 326 g/mol. The zero-order valence-electron chi connectivity index (χ0n) is 14.3. The Hall–Kier alpha value is -2.47. The van der Waals surface area contributed by atoms with Crippen molar-refractivity contribution in [1.82, 2.24) is 9.97 Å². The van der Waals surface area contributed by atoms with E-state index in [0.29, 0.717) is 18.9 Å². The third-order valence-electron chi connectivity index (χ3n) is 4.14. The van der Waals surface area contributed by atoms with Crippen molar-refractivity contribution < 1.29 is 9.53 Å². The minimum atomic E-state index is -0.220. The molecule has 3 rings (SSSR count). The molecule has 1 aliphatic rings. The molecule has 1 saturated heterocycles. The Bertz CT molecular complexity index is 731. The summed E-state index contributed by atoms with van der Waals surface area (Å²) >= 11 is 0. The molecule has 0 radical (unpaired) electrons. The van der Waals surface area contributed by atoms with Gasteiger partial charge in [0.25, 0.3) is 5.91 Å². The number of anilines is 2. The van der Waals surface area contributed by atoms with Crippen molar-refractivity contribution in [3.8, 4) is 0 Å². The van der Waals surface area contributed by atoms with Gasteiger partial charge in [-0.15, -0.1) is 0 Å². The molecule has 0 unspecified atom stereocenters. The first-order valence-electron chi connectivity index (χ1n) is 8.08. The number of carbonyl (C=O) groups is 1. The number of morpholine rings is 1. The maximum Gasteiger partial charge on any atom is 0.274 e. The number of aryl methyl sites for hydroxylation is 3. The largest absolute Gasteiger partial charge is 0.378 e. The summed E-state index contributed by atoms with van der Waals surface area (Å²) in [7, 11) is 0. The molecule has 2 aromatic rings. The van der Waals surface area contributed by atoms with Crippen LogP contribution in [0.5, 0.6) is 0 Å². The lowest BCUT2D eigenvalue weighted by Crippen LogP contribution is -2.37. The number of hydrogen-bond acceptors (Lipinski definition) is 5. The molecule has 1 aromatic heterocycles. The van der Waals surface area contributed by atoms with Crippen LogP contribution in [0.15, 0.2) is 24.5 Å². The van der Waals surface area contributed by atoms with E-state index >= 15 is 0 Å². The number of rotatable bonds is 3. The highest BCUT2D eigenvalue weighted by molar-refractivity contribution is 6.04. The van der Waals surface area contributed by atoms with Gasteiger partial charge in [0, 0.05) is 24.8 Å². The molecule has 0 saturated carbocycles. The van der Waals surface area contributed by atoms with E-state index < -0.39 is 0 Å². The Balaban J connectivity index is 1.80. The van der Waals surface area contributed by atoms with E-state index in [-0.39, 0.29) is 5.91 Å². The standard InChI is InChI=1S/C18H22N4O2/c1-12-8-13(2)17(14(3)9-12)21-18(23)15-10-16(20-11-19-15)22-4-6-24-7-5-22/h8-11H,4-7H2,1-3H3,(H,21,23). The van der Waals surface area contributed by atoms with Crippen LogP contribution in [0.4, 0.5) is 11.5 Å². The van der Waals surface area contributed by atoms with Crippen LogP contribution in [0, 0.1) is 20.8 Å². The average molecular weight is 326 g/mol. The third kappa shape index (κ3) is 3.54. The Morgan fingerprint density at radius 2 is 1.75 bits per heavy atom. The van der Waals surface area contributed by atoms with Crippen molar-refractivity contribution in [3.05, 3.63) is 46.9 Å². The number of benzene rings is 1. The molecule has 1 amide bonds. The van der Waals surface area contributed by atoms with Gasteiger partial charge in [-0.1, -0.05) is 17.7 Å². The molecule has 0 spiro atoms. The predicted molar refractivity (Wildman–Crippen MR) is 93.7 cm³/mol. The molecule has 2 heterocycles. The van der Waals surface area contributed by atoms with Crippen LogP contribution < -0.4 is 10.2 Å². The second kappa shape index (κ2) is 6.97. The summed E-state index contributed by atoms with van der Waals surface area (Å²) in [5, 5.41) is 2.98. The van der Waals surface area contributed by atoms with E-state index in [1.807, 2.05) is 20.8 Å². The summed E-state index contributed by atoms with van der Waals surface area (Å²) in [6, 6.07) is 5.85. The molecule has 126 valence electrons. The minimum Gasteiger partial charge on any atom is -0.378 e. The van der Waals surface area contributed by atoms with Gasteiger partial charge >= 0.3 is 0 Å². The lowest BCUT2D eigenvalue weighted by atomic mass is 10.0. The van der Waals surface area contributed by atoms with Gasteiger partial charge < -0.3 is 15.0 Å². The molecule has 1 aliphatic heterocycles. The summed E-state index contributed by atoms with van der Waals surface area (Å²) in [6.07, 6.45) is 1.44. The third-order valence-corrected chi connectivity index (χ3v) is 4.14. The van der Waals surface area contributed by atoms with Crippen molar-refractivity contribution in [3.63, 3.8) is 0 Å². The van der Waals surface area contributed by atoms with Crippen LogP contribution >= 0.6 is 0 Å². The van der Waals surface area contributed by atoms with Crippen LogP contribution in [0.3, 0.4) is 0 Å². The summed E-state index contributed by atoms with van der Waals surface area (Å²) in [5.41, 5.74) is 4.48. The van der Waals surface area contributed by atoms with E-state index in [2.05, 4.69) is 32.3 Å². The number of nitrogens with one attached hydrogen (secondary N) is 1. The van der Waals surface area contributed by atoms with Crippen molar-refractivity contribution >= 4 is 17.4 Å². The van der Waals surface area contributed by atoms with E-state index in [1.165, 1.54) is 11.9 Å². The molecule has 1 N–H and O–H groups in total. The fourth-order valence-electron chi connectivity index (χ4n) is 2.99. The minimum absolute atomic E-state index is 0.220. The van der Waals surface area contributed by atoms with Crippen molar-refractivity contribution in [1.29, 1.82) is 0 Å². The Morgan fingerprint density at radius 3 is 2.42 bits per heavy atom. The maximum atomic E-state index is 12.6. The fourth-order valence-corrected chi connectivity index (χ4v) is 2.99. The van der Waals surface area contributed by atoms with E-state index in [0.717, 1.165) is 35.7 Å². The molecular formula is C18H22N4O2. The Morgan fingerprint density at radius 1 is 1.08 bits per heavy atom. The quantitative estimate of drug-likeness (QED) is 0.938. The van der Waals surface area contributed by atoms with Crippen molar-refractivity contribution in [2.75, 3.05) is 36.5 Å². The molecule has 0 atom stereocenters. The van der Waals surface area contributed by atoms with Gasteiger partial charge in [-0.05, 0) is 31.9 Å². The highest BCUT2D eigenvalue weighted by Gasteiger charge is 2.16. The zero-order valence-corrected chi connectivity index (χ0v) is 14.3. The van der Waals surface area contributed by atoms with Crippen LogP contribution in [0.1, 0.15) is 27.2 Å². The first-order valence-corrected chi connectivity index (χ1v) is 8.08. The van der Waals surface area contributed by atoms with Crippen LogP contribution in [0.2, 0.25) is 0 Å². The van der Waals surface area contributed by atoms with E-state index in [1.54, 1.807) is 6.07 Å². The van der Waals surface area contributed by atoms with Crippen LogP contribution in [0.25, 0.3) is 0 Å². The summed E-state index contributed by atoms with van der Waals surface area (Å²) in [5.74, 6) is 0.540. The number of carbonyl (C=O) groups excluding carboxylic acids is 1. The molecule has 6 heteroatoms. The summed E-state index contributed by atoms with van der Waals surface area (Å²) in [4.78, 5) is 23.1. The van der Waals surface area contributed by atoms with Gasteiger partial charge in [0.2, 0.25) is 0 Å². The molecule has 0 aliphatic carbocycles. The van der Waals surface area contributed by atoms with E-state index in [9.17, 15) is 4.79 Å². The maximum absolute atomic E-state index is 12.6. The van der Waals surface area contributed by atoms with Gasteiger partial charge in [0.05, 0.1) is 13.2 Å². The summed E-state index contributed by atoms with van der Waals surface area (Å²) < 4.78 is 5.35. The molecule has 0 bridgehead atoms. The lowest BCUT2D eigenvalue weighted by molar-refractivity contribution is 0.102. The van der Waals surface area contributed by atoms with Crippen molar-refractivity contribution in [2.24, 2.45) is 0 Å². The fraction of sp³-hybridized carbons (Fsp3) is 0.389. The average Bonchev–Trinajstić information content (AvgIpc) is 2.59. The van der Waals surface area contributed by atoms with Gasteiger partial charge in [-0.2, -0.15) is 0 Å². The summed E-state index contributed by atoms with van der Waals surface area (Å²) in [6.45, 7) is 8.93. The lowest BCUT2D eigenvalue weighted by Gasteiger charge is -2.27. The highest BCUT2D eigenvalue weighted by atomic mass is 16.5. The van der Waals surface area contributed by atoms with Crippen LogP contribution in [-0.2, 0) is 4.74 Å². The van der Waals surface area contributed by atoms with E-state index in [4.69, 9.17) is 4.74 Å². The number of amides is 1. The second-order valence-corrected chi connectivity index (χ2v) is 6.09. The van der Waals surface area contributed by atoms with Crippen molar-refractivity contribution in [2.45, 2.75) is 20.8 Å². The smallest absolute Gasteiger partial charge is 0.274 e. The van der Waals surface area contributed by atoms with Gasteiger partial charge in [0.1, 0.15) is 17.8 Å². The molecule has 1 fully saturated rings. The van der Waals surface area contributed by atoms with Crippen LogP contribution in [-0.4, -0.2) is 42.2 Å². The topological polar surface area (TPSA) is 67.4 Å². The molecule has 1 aromatic carbocycles. The highest BCUT2D eigenvalue weighted by Crippen LogP contribution is 2.23. The molecular weight excluding hydrogens is 304 g/mol. The Kier molecular flexibility index (Phi) is 4.76.